The fourth-order valence-corrected chi connectivity index (χ4v) is 5.72. The normalized spacial score (nSPS) is 11.6. The molecule has 0 aliphatic heterocycles. The second-order valence-corrected chi connectivity index (χ2v) is 13.9. The van der Waals surface area contributed by atoms with E-state index in [9.17, 15) is 0 Å². The summed E-state index contributed by atoms with van der Waals surface area (Å²) >= 11 is 0. The van der Waals surface area contributed by atoms with Gasteiger partial charge in [0.1, 0.15) is 0 Å². The summed E-state index contributed by atoms with van der Waals surface area (Å²) in [6, 6.07) is 43.1. The molecule has 0 atom stereocenters. The van der Waals surface area contributed by atoms with Crippen molar-refractivity contribution < 1.29 is 20.1 Å². The molecule has 46 heavy (non-hydrogen) atoms. The molecule has 0 amide bonds. The molecule has 0 saturated heterocycles. The Morgan fingerprint density at radius 2 is 1.07 bits per heavy atom. The first kappa shape index (κ1) is 33.2. The van der Waals surface area contributed by atoms with E-state index in [1.54, 1.807) is 0 Å². The van der Waals surface area contributed by atoms with E-state index < -0.39 is 0 Å². The van der Waals surface area contributed by atoms with Gasteiger partial charge in [0, 0.05) is 32.5 Å². The first-order chi connectivity index (χ1) is 21.5. The number of hydrogen-bond acceptors (Lipinski definition) is 2. The number of pyridine rings is 2. The van der Waals surface area contributed by atoms with Gasteiger partial charge >= 0.3 is 0 Å². The molecular weight excluding hydrogens is 737 g/mol. The maximum absolute atomic E-state index is 4.58. The van der Waals surface area contributed by atoms with Crippen molar-refractivity contribution >= 4 is 32.3 Å². The van der Waals surface area contributed by atoms with E-state index in [2.05, 4.69) is 168 Å². The van der Waals surface area contributed by atoms with Crippen LogP contribution in [0.1, 0.15) is 58.2 Å². The largest absolute Gasteiger partial charge is 0.305 e. The predicted molar refractivity (Wildman–Crippen MR) is 192 cm³/mol. The molecule has 2 nitrogen and oxygen atoms in total. The minimum absolute atomic E-state index is 0. The second-order valence-electron chi connectivity index (χ2n) is 13.9. The van der Waals surface area contributed by atoms with Crippen LogP contribution < -0.4 is 0 Å². The molecule has 0 aliphatic rings. The van der Waals surface area contributed by atoms with Crippen molar-refractivity contribution in [3.05, 3.63) is 144 Å². The fourth-order valence-electron chi connectivity index (χ4n) is 5.72. The molecule has 3 heteroatoms. The molecule has 0 N–H and O–H groups in total. The van der Waals surface area contributed by atoms with Gasteiger partial charge in [-0.3, -0.25) is 0 Å². The Kier molecular flexibility index (Phi) is 9.59. The van der Waals surface area contributed by atoms with Crippen LogP contribution in [0, 0.1) is 19.1 Å². The zero-order valence-corrected chi connectivity index (χ0v) is 30.1. The van der Waals surface area contributed by atoms with Gasteiger partial charge in [0.2, 0.25) is 0 Å². The quantitative estimate of drug-likeness (QED) is 0.129. The Hall–Kier alpha value is -4.17. The number of benzene rings is 5. The molecular formula is C43H40IrN2-2. The Balaban J connectivity index is 0.000000182. The number of hydrogen-bond donors (Lipinski definition) is 0. The maximum atomic E-state index is 4.58. The summed E-state index contributed by atoms with van der Waals surface area (Å²) in [7, 11) is 0. The second kappa shape index (κ2) is 13.3. The molecule has 0 aliphatic carbocycles. The van der Waals surface area contributed by atoms with Crippen molar-refractivity contribution in [1.82, 2.24) is 9.97 Å². The molecule has 7 rings (SSSR count). The van der Waals surface area contributed by atoms with E-state index in [1.165, 1.54) is 49.0 Å². The summed E-state index contributed by atoms with van der Waals surface area (Å²) < 4.78 is 0. The van der Waals surface area contributed by atoms with Crippen molar-refractivity contribution in [1.29, 1.82) is 0 Å². The molecule has 0 saturated carbocycles. The van der Waals surface area contributed by atoms with E-state index in [0.29, 0.717) is 0 Å². The van der Waals surface area contributed by atoms with Gasteiger partial charge in [-0.2, -0.15) is 0 Å². The number of aryl methyl sites for hydroxylation is 1. The molecule has 1 radical (unpaired) electrons. The van der Waals surface area contributed by atoms with Crippen LogP contribution in [0.3, 0.4) is 0 Å². The Bertz CT molecular complexity index is 2020. The Labute approximate surface area is 287 Å². The summed E-state index contributed by atoms with van der Waals surface area (Å²) in [4.78, 5) is 9.10. The van der Waals surface area contributed by atoms with Gasteiger partial charge in [0.05, 0.1) is 0 Å². The minimum atomic E-state index is 0. The van der Waals surface area contributed by atoms with Crippen molar-refractivity contribution in [2.24, 2.45) is 0 Å². The third kappa shape index (κ3) is 6.97. The van der Waals surface area contributed by atoms with E-state index >= 15 is 0 Å². The van der Waals surface area contributed by atoms with Crippen LogP contribution in [0.25, 0.3) is 54.8 Å². The summed E-state index contributed by atoms with van der Waals surface area (Å²) in [5, 5.41) is 7.63. The fraction of sp³-hybridized carbons (Fsp3) is 0.209. The predicted octanol–water partition coefficient (Wildman–Crippen LogP) is 11.5. The van der Waals surface area contributed by atoms with Gasteiger partial charge in [0.25, 0.3) is 0 Å². The molecule has 0 unspecified atom stereocenters. The van der Waals surface area contributed by atoms with Crippen LogP contribution in [-0.2, 0) is 30.9 Å². The average molecular weight is 777 g/mol. The van der Waals surface area contributed by atoms with Gasteiger partial charge in [0.15, 0.2) is 0 Å². The van der Waals surface area contributed by atoms with Crippen molar-refractivity contribution in [2.75, 3.05) is 0 Å². The van der Waals surface area contributed by atoms with Crippen LogP contribution in [0.2, 0.25) is 0 Å². The molecule has 2 aromatic heterocycles. The number of rotatable bonds is 2. The first-order valence-corrected chi connectivity index (χ1v) is 15.7. The van der Waals surface area contributed by atoms with Gasteiger partial charge in [-0.05, 0) is 56.9 Å². The number of nitrogens with zero attached hydrogens (tertiary/aromatic N) is 2. The van der Waals surface area contributed by atoms with Crippen LogP contribution in [-0.4, -0.2) is 9.97 Å². The molecule has 233 valence electrons. The molecule has 5 aromatic carbocycles. The van der Waals surface area contributed by atoms with E-state index in [0.717, 1.165) is 22.5 Å². The molecule has 0 fully saturated rings. The van der Waals surface area contributed by atoms with E-state index in [4.69, 9.17) is 0 Å². The van der Waals surface area contributed by atoms with Crippen LogP contribution in [0.5, 0.6) is 0 Å². The van der Waals surface area contributed by atoms with Crippen LogP contribution in [0.4, 0.5) is 0 Å². The first-order valence-electron chi connectivity index (χ1n) is 15.7. The van der Waals surface area contributed by atoms with Crippen molar-refractivity contribution in [3.8, 4) is 22.5 Å². The average Bonchev–Trinajstić information content (AvgIpc) is 3.04. The number of aromatic nitrogens is 2. The Morgan fingerprint density at radius 3 is 1.59 bits per heavy atom. The molecule has 0 spiro atoms. The van der Waals surface area contributed by atoms with Gasteiger partial charge in [-0.15, -0.1) is 59.2 Å². The summed E-state index contributed by atoms with van der Waals surface area (Å²) in [5.74, 6) is 0. The summed E-state index contributed by atoms with van der Waals surface area (Å²) in [6.45, 7) is 15.3. The molecule has 0 bridgehead atoms. The standard InChI is InChI=1S/C24H16N.C19H24N.Ir/c1-16-12-13-25-24(14-16)17-10-11-22-20-8-3-2-6-18(20)19-7-4-5-9-21(19)23(22)15-17;1-18(2,3)15-9-7-14(8-10-15)17-12-11-16(13-20-17)19(4,5)6;/h2-9,11-15H,1H3;7,9-13H,1-6H3;/q2*-1;. The van der Waals surface area contributed by atoms with Gasteiger partial charge in [-0.1, -0.05) is 130 Å². The zero-order valence-electron chi connectivity index (χ0n) is 27.7. The monoisotopic (exact) mass is 777 g/mol. The topological polar surface area (TPSA) is 25.8 Å². The minimum Gasteiger partial charge on any atom is -0.305 e. The summed E-state index contributed by atoms with van der Waals surface area (Å²) in [5.41, 5.74) is 8.12. The van der Waals surface area contributed by atoms with E-state index in [1.807, 2.05) is 18.5 Å². The van der Waals surface area contributed by atoms with Crippen molar-refractivity contribution in [2.45, 2.75) is 59.3 Å². The molecule has 7 aromatic rings. The molecule has 2 heterocycles. The SMILES string of the molecule is CC(C)(C)c1c[c-]c(-c2ccc(C(C)(C)C)cn2)cc1.Cc1ccnc(-c2[c-]cc3c4ccccc4c4ccccc4c3c2)c1.[Ir]. The zero-order chi connectivity index (χ0) is 31.8. The maximum Gasteiger partial charge on any atom is 0.0198 e. The van der Waals surface area contributed by atoms with Gasteiger partial charge in [-0.25, -0.2) is 0 Å². The van der Waals surface area contributed by atoms with E-state index in [-0.39, 0.29) is 30.9 Å². The smallest absolute Gasteiger partial charge is 0.0198 e. The summed E-state index contributed by atoms with van der Waals surface area (Å²) in [6.07, 6.45) is 3.84. The Morgan fingerprint density at radius 1 is 0.500 bits per heavy atom. The number of fused-ring (bicyclic) bond motifs is 6. The van der Waals surface area contributed by atoms with Crippen LogP contribution >= 0.6 is 0 Å². The third-order valence-electron chi connectivity index (χ3n) is 8.45. The third-order valence-corrected chi connectivity index (χ3v) is 8.45. The van der Waals surface area contributed by atoms with Crippen LogP contribution in [0.15, 0.2) is 116 Å². The van der Waals surface area contributed by atoms with Gasteiger partial charge < -0.3 is 9.97 Å². The van der Waals surface area contributed by atoms with Crippen molar-refractivity contribution in [3.63, 3.8) is 0 Å².